The quantitative estimate of drug-likeness (QED) is 0.764. The molecule has 3 unspecified atom stereocenters. The van der Waals surface area contributed by atoms with E-state index in [1.807, 2.05) is 0 Å². The molecule has 0 spiro atoms. The number of benzene rings is 1. The first kappa shape index (κ1) is 14.3. The third-order valence-corrected chi connectivity index (χ3v) is 6.56. The first-order chi connectivity index (χ1) is 9.25. The van der Waals surface area contributed by atoms with Crippen molar-refractivity contribution in [2.24, 2.45) is 16.7 Å². The fourth-order valence-electron chi connectivity index (χ4n) is 4.14. The van der Waals surface area contributed by atoms with E-state index in [0.29, 0.717) is 26.9 Å². The monoisotopic (exact) mass is 313 g/mol. The van der Waals surface area contributed by atoms with Crippen LogP contribution in [0.3, 0.4) is 0 Å². The maximum Gasteiger partial charge on any atom is 0.157 e. The van der Waals surface area contributed by atoms with Gasteiger partial charge in [-0.05, 0) is 42.7 Å². The molecule has 2 aliphatic rings. The summed E-state index contributed by atoms with van der Waals surface area (Å²) >= 11 is 12.5. The molecule has 3 atom stereocenters. The van der Waals surface area contributed by atoms with Crippen LogP contribution >= 0.6 is 23.2 Å². The first-order valence-corrected chi connectivity index (χ1v) is 7.92. The fourth-order valence-corrected chi connectivity index (χ4v) is 4.74. The molecule has 110 valence electrons. The summed E-state index contributed by atoms with van der Waals surface area (Å²) in [5.41, 5.74) is 6.80. The van der Waals surface area contributed by atoms with E-state index < -0.39 is 0 Å². The Morgan fingerprint density at radius 1 is 1.20 bits per heavy atom. The van der Waals surface area contributed by atoms with Crippen LogP contribution in [0.1, 0.15) is 40.0 Å². The van der Waals surface area contributed by atoms with Crippen molar-refractivity contribution in [1.82, 2.24) is 0 Å². The second-order valence-electron chi connectivity index (χ2n) is 7.03. The molecule has 0 radical (unpaired) electrons. The third-order valence-electron chi connectivity index (χ3n) is 5.99. The summed E-state index contributed by atoms with van der Waals surface area (Å²) in [5.74, 6) is 1.31. The zero-order chi connectivity index (χ0) is 14.7. The highest BCUT2D eigenvalue weighted by atomic mass is 35.5. The number of hydrogen-bond donors (Lipinski definition) is 1. The molecule has 1 aromatic carbocycles. The van der Waals surface area contributed by atoms with Crippen LogP contribution in [-0.4, -0.2) is 6.10 Å². The zero-order valence-electron chi connectivity index (χ0n) is 12.2. The maximum absolute atomic E-state index is 6.24. The Bertz CT molecular complexity index is 534. The lowest BCUT2D eigenvalue weighted by Gasteiger charge is -2.39. The van der Waals surface area contributed by atoms with Gasteiger partial charge >= 0.3 is 0 Å². The van der Waals surface area contributed by atoms with Gasteiger partial charge in [0, 0.05) is 11.1 Å². The molecule has 0 saturated heterocycles. The summed E-state index contributed by atoms with van der Waals surface area (Å²) in [6, 6.07) is 3.40. The number of rotatable bonds is 2. The summed E-state index contributed by atoms with van der Waals surface area (Å²) in [4.78, 5) is 0. The molecular weight excluding hydrogens is 293 g/mol. The maximum atomic E-state index is 6.24. The van der Waals surface area contributed by atoms with Crippen molar-refractivity contribution >= 4 is 28.9 Å². The van der Waals surface area contributed by atoms with Crippen LogP contribution in [0.15, 0.2) is 12.1 Å². The van der Waals surface area contributed by atoms with Gasteiger partial charge in [-0.3, -0.25) is 0 Å². The minimum atomic E-state index is 0.176. The highest BCUT2D eigenvalue weighted by Crippen LogP contribution is 2.66. The van der Waals surface area contributed by atoms with Crippen molar-refractivity contribution in [3.05, 3.63) is 22.2 Å². The van der Waals surface area contributed by atoms with Gasteiger partial charge < -0.3 is 10.5 Å². The molecule has 20 heavy (non-hydrogen) atoms. The van der Waals surface area contributed by atoms with Crippen molar-refractivity contribution in [3.63, 3.8) is 0 Å². The molecule has 2 N–H and O–H groups in total. The topological polar surface area (TPSA) is 35.2 Å². The summed E-state index contributed by atoms with van der Waals surface area (Å²) in [6.45, 7) is 7.06. The number of nitrogen functional groups attached to an aromatic ring is 1. The SMILES string of the molecule is CC1(C)C2CCC1(C)C(Oc1c(Cl)cc(N)cc1Cl)C2. The summed E-state index contributed by atoms with van der Waals surface area (Å²) < 4.78 is 6.24. The lowest BCUT2D eigenvalue weighted by molar-refractivity contribution is 0.0303. The molecule has 2 nitrogen and oxygen atoms in total. The van der Waals surface area contributed by atoms with Crippen LogP contribution in [0.2, 0.25) is 10.0 Å². The molecule has 0 heterocycles. The number of fused-ring (bicyclic) bond motifs is 2. The van der Waals surface area contributed by atoms with E-state index in [4.69, 9.17) is 33.7 Å². The lowest BCUT2D eigenvalue weighted by Crippen LogP contribution is -2.39. The highest BCUT2D eigenvalue weighted by molar-refractivity contribution is 6.37. The van der Waals surface area contributed by atoms with Crippen molar-refractivity contribution in [1.29, 1.82) is 0 Å². The van der Waals surface area contributed by atoms with Crippen LogP contribution in [0.25, 0.3) is 0 Å². The molecule has 0 aromatic heterocycles. The molecule has 4 heteroatoms. The number of nitrogens with two attached hydrogens (primary N) is 1. The minimum absolute atomic E-state index is 0.176. The van der Waals surface area contributed by atoms with Crippen molar-refractivity contribution < 1.29 is 4.74 Å². The zero-order valence-corrected chi connectivity index (χ0v) is 13.7. The average Bonchev–Trinajstić information content (AvgIpc) is 2.66. The van der Waals surface area contributed by atoms with Crippen LogP contribution in [0, 0.1) is 16.7 Å². The first-order valence-electron chi connectivity index (χ1n) is 7.17. The second-order valence-corrected chi connectivity index (χ2v) is 7.85. The van der Waals surface area contributed by atoms with Gasteiger partial charge in [0.15, 0.2) is 5.75 Å². The molecule has 2 aliphatic carbocycles. The Kier molecular flexibility index (Phi) is 3.19. The summed E-state index contributed by atoms with van der Waals surface area (Å²) in [7, 11) is 0. The van der Waals surface area contributed by atoms with E-state index >= 15 is 0 Å². The van der Waals surface area contributed by atoms with Crippen LogP contribution in [-0.2, 0) is 0 Å². The van der Waals surface area contributed by atoms with E-state index in [1.54, 1.807) is 12.1 Å². The standard InChI is InChI=1S/C16H21Cl2NO/c1-15(2)9-4-5-16(15,3)13(6-9)20-14-11(17)7-10(19)8-12(14)18/h7-9,13H,4-6,19H2,1-3H3. The van der Waals surface area contributed by atoms with Crippen molar-refractivity contribution in [2.75, 3.05) is 5.73 Å². The third kappa shape index (κ3) is 1.84. The van der Waals surface area contributed by atoms with Gasteiger partial charge in [0.2, 0.25) is 0 Å². The number of hydrogen-bond acceptors (Lipinski definition) is 2. The van der Waals surface area contributed by atoms with Gasteiger partial charge in [0.25, 0.3) is 0 Å². The molecule has 1 aromatic rings. The molecule has 2 saturated carbocycles. The van der Waals surface area contributed by atoms with Gasteiger partial charge in [-0.15, -0.1) is 0 Å². The fraction of sp³-hybridized carbons (Fsp3) is 0.625. The van der Waals surface area contributed by atoms with Gasteiger partial charge in [-0.2, -0.15) is 0 Å². The van der Waals surface area contributed by atoms with Crippen LogP contribution in [0.5, 0.6) is 5.75 Å². The summed E-state index contributed by atoms with van der Waals surface area (Å²) in [6.07, 6.45) is 3.77. The van der Waals surface area contributed by atoms with Crippen molar-refractivity contribution in [3.8, 4) is 5.75 Å². The second kappa shape index (κ2) is 4.45. The number of ether oxygens (including phenoxy) is 1. The minimum Gasteiger partial charge on any atom is -0.487 e. The Morgan fingerprint density at radius 3 is 2.25 bits per heavy atom. The van der Waals surface area contributed by atoms with Gasteiger partial charge in [0.05, 0.1) is 10.0 Å². The van der Waals surface area contributed by atoms with Crippen molar-refractivity contribution in [2.45, 2.75) is 46.1 Å². The predicted molar refractivity (Wildman–Crippen MR) is 84.5 cm³/mol. The number of halogens is 2. The van der Waals surface area contributed by atoms with E-state index in [2.05, 4.69) is 20.8 Å². The van der Waals surface area contributed by atoms with Gasteiger partial charge in [0.1, 0.15) is 6.10 Å². The van der Waals surface area contributed by atoms with Crippen LogP contribution < -0.4 is 10.5 Å². The van der Waals surface area contributed by atoms with E-state index in [0.717, 1.165) is 12.3 Å². The summed E-state index contributed by atoms with van der Waals surface area (Å²) in [5, 5.41) is 0.998. The molecule has 2 fully saturated rings. The predicted octanol–water partition coefficient (Wildman–Crippen LogP) is 5.17. The Hall–Kier alpha value is -0.600. The molecule has 2 bridgehead atoms. The molecule has 0 aliphatic heterocycles. The Balaban J connectivity index is 1.91. The van der Waals surface area contributed by atoms with E-state index in [1.165, 1.54) is 12.8 Å². The Morgan fingerprint density at radius 2 is 1.80 bits per heavy atom. The van der Waals surface area contributed by atoms with E-state index in [9.17, 15) is 0 Å². The highest BCUT2D eigenvalue weighted by Gasteiger charge is 2.62. The number of anilines is 1. The molecule has 0 amide bonds. The van der Waals surface area contributed by atoms with Crippen LogP contribution in [0.4, 0.5) is 5.69 Å². The van der Waals surface area contributed by atoms with Gasteiger partial charge in [-0.1, -0.05) is 44.0 Å². The molecular formula is C16H21Cl2NO. The molecule has 3 rings (SSSR count). The normalized spacial score (nSPS) is 34.5. The smallest absolute Gasteiger partial charge is 0.157 e. The largest absolute Gasteiger partial charge is 0.487 e. The average molecular weight is 314 g/mol. The Labute approximate surface area is 130 Å². The lowest BCUT2D eigenvalue weighted by atomic mass is 9.70. The van der Waals surface area contributed by atoms with Gasteiger partial charge in [-0.25, -0.2) is 0 Å². The van der Waals surface area contributed by atoms with E-state index in [-0.39, 0.29) is 11.5 Å².